The first kappa shape index (κ1) is 22.2. The van der Waals surface area contributed by atoms with Crippen LogP contribution in [0.1, 0.15) is 98.8 Å². The Balaban J connectivity index is 1.41. The number of hydrogen-bond donors (Lipinski definition) is 2. The molecule has 4 fully saturated rings. The smallest absolute Gasteiger partial charge is 0.0757 e. The summed E-state index contributed by atoms with van der Waals surface area (Å²) in [6.07, 6.45) is 16.3. The van der Waals surface area contributed by atoms with Gasteiger partial charge in [0.25, 0.3) is 0 Å². The molecule has 174 valence electrons. The highest BCUT2D eigenvalue weighted by Gasteiger charge is 2.66. The predicted octanol–water partition coefficient (Wildman–Crippen LogP) is 6.67. The van der Waals surface area contributed by atoms with E-state index in [-0.39, 0.29) is 23.0 Å². The maximum absolute atomic E-state index is 11.5. The first-order valence-electron chi connectivity index (χ1n) is 13.4. The Morgan fingerprint density at radius 1 is 1.03 bits per heavy atom. The summed E-state index contributed by atoms with van der Waals surface area (Å²) in [6, 6.07) is 0. The van der Waals surface area contributed by atoms with Crippen LogP contribution in [0.5, 0.6) is 0 Å². The van der Waals surface area contributed by atoms with Crippen molar-refractivity contribution in [2.45, 2.75) is 111 Å². The average molecular weight is 427 g/mol. The highest BCUT2D eigenvalue weighted by atomic mass is 16.3. The van der Waals surface area contributed by atoms with Crippen molar-refractivity contribution in [2.75, 3.05) is 0 Å². The van der Waals surface area contributed by atoms with Crippen LogP contribution in [0.4, 0.5) is 0 Å². The molecule has 0 bridgehead atoms. The minimum absolute atomic E-state index is 0.0252. The lowest BCUT2D eigenvalue weighted by Gasteiger charge is -2.61. The standard InChI is InChI=1S/C29H46O2/c1-18(2)7-6-8-19(3)20-9-10-21-26-22(11-13-27(20,21)4)28(5)14-12-25(31)29(15-16-29)24(28)17-23(26)30/h7,17,19-23,25-26,30-31H,6,8-16H2,1-5H3/t19-,20-,21+,22+,23+,25+,26+,27-,28-/m1/s1. The van der Waals surface area contributed by atoms with Crippen molar-refractivity contribution >= 4 is 0 Å². The van der Waals surface area contributed by atoms with E-state index < -0.39 is 0 Å². The summed E-state index contributed by atoms with van der Waals surface area (Å²) in [7, 11) is 0. The first-order valence-corrected chi connectivity index (χ1v) is 13.4. The largest absolute Gasteiger partial charge is 0.392 e. The summed E-state index contributed by atoms with van der Waals surface area (Å²) in [5, 5.41) is 22.3. The summed E-state index contributed by atoms with van der Waals surface area (Å²) < 4.78 is 0. The Labute approximate surface area is 190 Å². The zero-order valence-electron chi connectivity index (χ0n) is 20.7. The molecule has 0 aliphatic heterocycles. The monoisotopic (exact) mass is 426 g/mol. The van der Waals surface area contributed by atoms with E-state index in [2.05, 4.69) is 46.8 Å². The van der Waals surface area contributed by atoms with Crippen molar-refractivity contribution in [2.24, 2.45) is 45.8 Å². The normalized spacial score (nSPS) is 48.3. The number of hydrogen-bond acceptors (Lipinski definition) is 2. The number of aliphatic hydroxyl groups excluding tert-OH is 2. The van der Waals surface area contributed by atoms with Gasteiger partial charge in [0, 0.05) is 5.41 Å². The van der Waals surface area contributed by atoms with Crippen LogP contribution in [0.3, 0.4) is 0 Å². The molecule has 2 heteroatoms. The molecule has 0 saturated heterocycles. The van der Waals surface area contributed by atoms with Crippen molar-refractivity contribution in [3.63, 3.8) is 0 Å². The van der Waals surface area contributed by atoms with Gasteiger partial charge >= 0.3 is 0 Å². The van der Waals surface area contributed by atoms with E-state index in [0.29, 0.717) is 23.2 Å². The van der Waals surface area contributed by atoms with Gasteiger partial charge in [-0.3, -0.25) is 0 Å². The fourth-order valence-corrected chi connectivity index (χ4v) is 9.58. The predicted molar refractivity (Wildman–Crippen MR) is 127 cm³/mol. The Hall–Kier alpha value is -0.600. The molecule has 5 rings (SSSR count). The minimum Gasteiger partial charge on any atom is -0.392 e. The lowest BCUT2D eigenvalue weighted by molar-refractivity contribution is -0.105. The van der Waals surface area contributed by atoms with E-state index >= 15 is 0 Å². The lowest BCUT2D eigenvalue weighted by Crippen LogP contribution is -2.56. The second-order valence-electron chi connectivity index (χ2n) is 13.1. The number of allylic oxidation sites excluding steroid dienone is 2. The third-order valence-electron chi connectivity index (χ3n) is 11.3. The van der Waals surface area contributed by atoms with Gasteiger partial charge in [0.05, 0.1) is 12.2 Å². The van der Waals surface area contributed by atoms with Crippen LogP contribution < -0.4 is 0 Å². The van der Waals surface area contributed by atoms with Crippen molar-refractivity contribution in [3.8, 4) is 0 Å². The molecule has 0 radical (unpaired) electrons. The number of fused-ring (bicyclic) bond motifs is 6. The molecule has 2 N–H and O–H groups in total. The molecule has 4 saturated carbocycles. The quantitative estimate of drug-likeness (QED) is 0.493. The Bertz CT molecular complexity index is 772. The van der Waals surface area contributed by atoms with Crippen molar-refractivity contribution in [3.05, 3.63) is 23.3 Å². The summed E-state index contributed by atoms with van der Waals surface area (Å²) in [6.45, 7) is 12.0. The van der Waals surface area contributed by atoms with Crippen LogP contribution in [-0.4, -0.2) is 22.4 Å². The molecule has 2 nitrogen and oxygen atoms in total. The van der Waals surface area contributed by atoms with Gasteiger partial charge in [0.15, 0.2) is 0 Å². The van der Waals surface area contributed by atoms with Crippen LogP contribution in [0.2, 0.25) is 0 Å². The SMILES string of the molecule is CC(C)=CCC[C@@H](C)[C@H]1CC[C@H]2[C@@H]3[C@@H](O)C=C4C5(CC5)[C@@H](O)CC[C@]4(C)[C@H]3CC[C@]12C. The Kier molecular flexibility index (Phi) is 5.34. The van der Waals surface area contributed by atoms with E-state index in [0.717, 1.165) is 37.5 Å². The molecule has 5 aliphatic rings. The van der Waals surface area contributed by atoms with Crippen LogP contribution in [0.25, 0.3) is 0 Å². The third-order valence-corrected chi connectivity index (χ3v) is 11.3. The molecule has 0 aromatic carbocycles. The zero-order valence-corrected chi connectivity index (χ0v) is 20.7. The summed E-state index contributed by atoms with van der Waals surface area (Å²) >= 11 is 0. The fraction of sp³-hybridized carbons (Fsp3) is 0.862. The molecule has 0 aromatic rings. The third kappa shape index (κ3) is 3.17. The van der Waals surface area contributed by atoms with Crippen LogP contribution in [0, 0.1) is 45.8 Å². The van der Waals surface area contributed by atoms with E-state index in [1.165, 1.54) is 49.7 Å². The maximum Gasteiger partial charge on any atom is 0.0757 e. The van der Waals surface area contributed by atoms with Gasteiger partial charge in [-0.2, -0.15) is 0 Å². The lowest BCUT2D eigenvalue weighted by atomic mass is 9.45. The molecule has 31 heavy (non-hydrogen) atoms. The maximum atomic E-state index is 11.5. The highest BCUT2D eigenvalue weighted by Crippen LogP contribution is 2.72. The van der Waals surface area contributed by atoms with Crippen LogP contribution in [-0.2, 0) is 0 Å². The van der Waals surface area contributed by atoms with E-state index in [1.54, 1.807) is 0 Å². The molecular formula is C29H46O2. The molecule has 5 aliphatic carbocycles. The Morgan fingerprint density at radius 2 is 1.77 bits per heavy atom. The van der Waals surface area contributed by atoms with Gasteiger partial charge in [-0.05, 0) is 118 Å². The highest BCUT2D eigenvalue weighted by molar-refractivity contribution is 5.38. The molecule has 0 amide bonds. The molecular weight excluding hydrogens is 380 g/mol. The van der Waals surface area contributed by atoms with Gasteiger partial charge < -0.3 is 10.2 Å². The van der Waals surface area contributed by atoms with E-state index in [4.69, 9.17) is 0 Å². The van der Waals surface area contributed by atoms with E-state index in [9.17, 15) is 10.2 Å². The van der Waals surface area contributed by atoms with Gasteiger partial charge in [0.2, 0.25) is 0 Å². The second-order valence-corrected chi connectivity index (χ2v) is 13.1. The van der Waals surface area contributed by atoms with Crippen LogP contribution in [0.15, 0.2) is 23.3 Å². The summed E-state index contributed by atoms with van der Waals surface area (Å²) in [5.41, 5.74) is 3.52. The summed E-state index contributed by atoms with van der Waals surface area (Å²) in [5.74, 6) is 3.26. The number of aliphatic hydroxyl groups is 2. The zero-order chi connectivity index (χ0) is 22.2. The van der Waals surface area contributed by atoms with Crippen LogP contribution >= 0.6 is 0 Å². The topological polar surface area (TPSA) is 40.5 Å². The molecule has 0 heterocycles. The van der Waals surface area contributed by atoms with Gasteiger partial charge in [-0.1, -0.05) is 44.1 Å². The fourth-order valence-electron chi connectivity index (χ4n) is 9.58. The molecule has 1 spiro atoms. The van der Waals surface area contributed by atoms with Crippen molar-refractivity contribution < 1.29 is 10.2 Å². The van der Waals surface area contributed by atoms with Gasteiger partial charge in [-0.25, -0.2) is 0 Å². The minimum atomic E-state index is -0.305. The second kappa shape index (κ2) is 7.45. The van der Waals surface area contributed by atoms with Gasteiger partial charge in [0.1, 0.15) is 0 Å². The Morgan fingerprint density at radius 3 is 2.45 bits per heavy atom. The first-order chi connectivity index (χ1) is 14.6. The number of rotatable bonds is 4. The van der Waals surface area contributed by atoms with Crippen molar-refractivity contribution in [1.29, 1.82) is 0 Å². The van der Waals surface area contributed by atoms with Crippen molar-refractivity contribution in [1.82, 2.24) is 0 Å². The molecule has 0 aromatic heterocycles. The molecule has 0 unspecified atom stereocenters. The van der Waals surface area contributed by atoms with Gasteiger partial charge in [-0.15, -0.1) is 0 Å². The summed E-state index contributed by atoms with van der Waals surface area (Å²) in [4.78, 5) is 0. The molecule has 9 atom stereocenters. The van der Waals surface area contributed by atoms with E-state index in [1.807, 2.05) is 0 Å². The average Bonchev–Trinajstić information content (AvgIpc) is 3.42.